The van der Waals surface area contributed by atoms with Crippen molar-refractivity contribution < 1.29 is 9.47 Å². The van der Waals surface area contributed by atoms with E-state index in [-0.39, 0.29) is 11.6 Å². The van der Waals surface area contributed by atoms with Gasteiger partial charge in [0.1, 0.15) is 0 Å². The van der Waals surface area contributed by atoms with E-state index in [1.807, 2.05) is 7.11 Å². The van der Waals surface area contributed by atoms with Crippen LogP contribution in [-0.2, 0) is 9.47 Å². The number of nitrogens with two attached hydrogens (primary N) is 1. The number of rotatable bonds is 6. The summed E-state index contributed by atoms with van der Waals surface area (Å²) in [6.45, 7) is 0.799. The van der Waals surface area contributed by atoms with Gasteiger partial charge in [-0.25, -0.2) is 0 Å². The summed E-state index contributed by atoms with van der Waals surface area (Å²) in [7, 11) is 3.54. The van der Waals surface area contributed by atoms with Crippen molar-refractivity contribution in [3.63, 3.8) is 0 Å². The molecule has 15 heavy (non-hydrogen) atoms. The summed E-state index contributed by atoms with van der Waals surface area (Å²) < 4.78 is 10.8. The molecule has 1 atom stereocenters. The lowest BCUT2D eigenvalue weighted by Crippen LogP contribution is -2.50. The third-order valence-corrected chi connectivity index (χ3v) is 3.65. The van der Waals surface area contributed by atoms with E-state index in [1.54, 1.807) is 7.11 Å². The average Bonchev–Trinajstić information content (AvgIpc) is 2.30. The van der Waals surface area contributed by atoms with E-state index in [1.165, 1.54) is 19.3 Å². The highest BCUT2D eigenvalue weighted by molar-refractivity contribution is 4.93. The molecule has 90 valence electrons. The normalized spacial score (nSPS) is 22.6. The van der Waals surface area contributed by atoms with Crippen molar-refractivity contribution in [2.75, 3.05) is 20.8 Å². The van der Waals surface area contributed by atoms with Crippen LogP contribution in [0.3, 0.4) is 0 Å². The van der Waals surface area contributed by atoms with Gasteiger partial charge in [-0.2, -0.15) is 0 Å². The topological polar surface area (TPSA) is 44.5 Å². The van der Waals surface area contributed by atoms with Crippen LogP contribution in [0.2, 0.25) is 0 Å². The molecule has 1 fully saturated rings. The summed E-state index contributed by atoms with van der Waals surface area (Å²) in [5.41, 5.74) is 6.20. The fourth-order valence-electron chi connectivity index (χ4n) is 2.59. The van der Waals surface area contributed by atoms with E-state index in [9.17, 15) is 0 Å². The summed E-state index contributed by atoms with van der Waals surface area (Å²) in [5, 5.41) is 0. The smallest absolute Gasteiger partial charge is 0.0828 e. The lowest BCUT2D eigenvalue weighted by atomic mass is 9.78. The summed E-state index contributed by atoms with van der Waals surface area (Å²) in [6, 6.07) is 0.165. The number of ether oxygens (including phenoxy) is 2. The van der Waals surface area contributed by atoms with Gasteiger partial charge in [-0.3, -0.25) is 0 Å². The molecule has 0 aliphatic heterocycles. The minimum atomic E-state index is -0.0496. The molecule has 3 nitrogen and oxygen atoms in total. The Bertz CT molecular complexity index is 167. The summed E-state index contributed by atoms with van der Waals surface area (Å²) in [4.78, 5) is 0. The molecule has 0 aromatic carbocycles. The van der Waals surface area contributed by atoms with Crippen molar-refractivity contribution in [3.05, 3.63) is 0 Å². The third-order valence-electron chi connectivity index (χ3n) is 3.65. The molecule has 0 heterocycles. The zero-order valence-corrected chi connectivity index (χ0v) is 10.1. The molecule has 0 radical (unpaired) electrons. The van der Waals surface area contributed by atoms with Crippen molar-refractivity contribution in [2.24, 2.45) is 5.73 Å². The van der Waals surface area contributed by atoms with Crippen LogP contribution in [0.15, 0.2) is 0 Å². The van der Waals surface area contributed by atoms with Gasteiger partial charge in [0.15, 0.2) is 0 Å². The molecule has 0 saturated heterocycles. The van der Waals surface area contributed by atoms with Crippen LogP contribution >= 0.6 is 0 Å². The summed E-state index contributed by atoms with van der Waals surface area (Å²) >= 11 is 0. The SMILES string of the molecule is COCCCC(N)C1(OC)CCCCC1. The lowest BCUT2D eigenvalue weighted by Gasteiger charge is -2.40. The average molecular weight is 215 g/mol. The van der Waals surface area contributed by atoms with E-state index in [4.69, 9.17) is 15.2 Å². The molecule has 0 bridgehead atoms. The van der Waals surface area contributed by atoms with Gasteiger partial charge < -0.3 is 15.2 Å². The third kappa shape index (κ3) is 3.44. The molecule has 0 aromatic heterocycles. The number of hydrogen-bond acceptors (Lipinski definition) is 3. The molecule has 2 N–H and O–H groups in total. The van der Waals surface area contributed by atoms with Crippen molar-refractivity contribution in [1.29, 1.82) is 0 Å². The predicted octanol–water partition coefficient (Wildman–Crippen LogP) is 2.09. The summed E-state index contributed by atoms with van der Waals surface area (Å²) in [5.74, 6) is 0. The highest BCUT2D eigenvalue weighted by Gasteiger charge is 2.37. The fourth-order valence-corrected chi connectivity index (χ4v) is 2.59. The maximum atomic E-state index is 6.25. The van der Waals surface area contributed by atoms with Gasteiger partial charge in [-0.05, 0) is 25.7 Å². The van der Waals surface area contributed by atoms with Crippen LogP contribution in [0.4, 0.5) is 0 Å². The molecule has 1 aliphatic carbocycles. The van der Waals surface area contributed by atoms with Gasteiger partial charge in [0, 0.05) is 26.9 Å². The number of methoxy groups -OCH3 is 2. The second kappa shape index (κ2) is 6.46. The van der Waals surface area contributed by atoms with Gasteiger partial charge in [0.2, 0.25) is 0 Å². The second-order valence-corrected chi connectivity index (χ2v) is 4.57. The van der Waals surface area contributed by atoms with E-state index in [2.05, 4.69) is 0 Å². The molecule has 0 amide bonds. The Labute approximate surface area is 93.3 Å². The maximum Gasteiger partial charge on any atom is 0.0828 e. The van der Waals surface area contributed by atoms with Crippen LogP contribution in [0, 0.1) is 0 Å². The number of hydrogen-bond donors (Lipinski definition) is 1. The van der Waals surface area contributed by atoms with Crippen molar-refractivity contribution >= 4 is 0 Å². The highest BCUT2D eigenvalue weighted by Crippen LogP contribution is 2.34. The molecule has 0 aromatic rings. The van der Waals surface area contributed by atoms with Gasteiger partial charge in [0.05, 0.1) is 5.60 Å². The Morgan fingerprint density at radius 3 is 2.40 bits per heavy atom. The van der Waals surface area contributed by atoms with E-state index >= 15 is 0 Å². The molecule has 1 aliphatic rings. The van der Waals surface area contributed by atoms with Crippen LogP contribution in [0.25, 0.3) is 0 Å². The first-order valence-electron chi connectivity index (χ1n) is 6.05. The van der Waals surface area contributed by atoms with Crippen molar-refractivity contribution in [3.8, 4) is 0 Å². The monoisotopic (exact) mass is 215 g/mol. The Kier molecular flexibility index (Phi) is 5.58. The zero-order chi connectivity index (χ0) is 11.1. The Balaban J connectivity index is 2.40. The van der Waals surface area contributed by atoms with Gasteiger partial charge in [-0.15, -0.1) is 0 Å². The van der Waals surface area contributed by atoms with Crippen LogP contribution in [-0.4, -0.2) is 32.5 Å². The Morgan fingerprint density at radius 1 is 1.20 bits per heavy atom. The minimum Gasteiger partial charge on any atom is -0.385 e. The fraction of sp³-hybridized carbons (Fsp3) is 1.00. The minimum absolute atomic E-state index is 0.0496. The quantitative estimate of drug-likeness (QED) is 0.690. The van der Waals surface area contributed by atoms with Crippen molar-refractivity contribution in [2.45, 2.75) is 56.6 Å². The van der Waals surface area contributed by atoms with Crippen molar-refractivity contribution in [1.82, 2.24) is 0 Å². The van der Waals surface area contributed by atoms with E-state index in [0.29, 0.717) is 0 Å². The second-order valence-electron chi connectivity index (χ2n) is 4.57. The van der Waals surface area contributed by atoms with Gasteiger partial charge in [-0.1, -0.05) is 19.3 Å². The molecule has 1 unspecified atom stereocenters. The zero-order valence-electron chi connectivity index (χ0n) is 10.1. The molecule has 1 saturated carbocycles. The van der Waals surface area contributed by atoms with E-state index < -0.39 is 0 Å². The molecule has 3 heteroatoms. The van der Waals surface area contributed by atoms with Crippen LogP contribution in [0.1, 0.15) is 44.9 Å². The standard InChI is InChI=1S/C12H25NO2/c1-14-10-6-7-11(13)12(15-2)8-4-3-5-9-12/h11H,3-10,13H2,1-2H3. The first-order valence-corrected chi connectivity index (χ1v) is 6.05. The van der Waals surface area contributed by atoms with Gasteiger partial charge >= 0.3 is 0 Å². The largest absolute Gasteiger partial charge is 0.385 e. The molecule has 0 spiro atoms. The lowest BCUT2D eigenvalue weighted by molar-refractivity contribution is -0.0612. The molecular weight excluding hydrogens is 190 g/mol. The maximum absolute atomic E-state index is 6.25. The predicted molar refractivity (Wildman–Crippen MR) is 61.9 cm³/mol. The highest BCUT2D eigenvalue weighted by atomic mass is 16.5. The van der Waals surface area contributed by atoms with Gasteiger partial charge in [0.25, 0.3) is 0 Å². The Morgan fingerprint density at radius 2 is 1.87 bits per heavy atom. The van der Waals surface area contributed by atoms with E-state index in [0.717, 1.165) is 32.3 Å². The Hall–Kier alpha value is -0.120. The molecule has 1 rings (SSSR count). The molecular formula is C12H25NO2. The first kappa shape index (κ1) is 12.9. The first-order chi connectivity index (χ1) is 7.25. The van der Waals surface area contributed by atoms with Crippen LogP contribution < -0.4 is 5.73 Å². The summed E-state index contributed by atoms with van der Waals surface area (Å²) in [6.07, 6.45) is 8.12. The van der Waals surface area contributed by atoms with Crippen LogP contribution in [0.5, 0.6) is 0 Å².